The smallest absolute Gasteiger partial charge is 0.126 e. The van der Waals surface area contributed by atoms with Crippen LogP contribution in [0.1, 0.15) is 31.7 Å². The molecule has 1 aliphatic rings. The topological polar surface area (TPSA) is 12.5 Å². The molecule has 1 heterocycles. The minimum atomic E-state index is -0.171. The molecule has 1 aromatic carbocycles. The minimum Gasteiger partial charge on any atom is -0.494 e. The van der Waals surface area contributed by atoms with Crippen LogP contribution in [-0.4, -0.2) is 31.1 Å². The zero-order chi connectivity index (χ0) is 13.7. The maximum absolute atomic E-state index is 13.1. The summed E-state index contributed by atoms with van der Waals surface area (Å²) in [6, 6.07) is 4.93. The standard InChI is InChI=1S/C16H24FNO/c1-13-6-9-18(10-7-13)8-3-11-19-15-4-5-16(17)14(2)12-15/h4-5,12-13H,3,6-11H2,1-2H3. The Morgan fingerprint density at radius 1 is 1.32 bits per heavy atom. The van der Waals surface area contributed by atoms with Crippen molar-refractivity contribution in [2.75, 3.05) is 26.2 Å². The SMILES string of the molecule is Cc1cc(OCCCN2CCC(C)CC2)ccc1F. The first kappa shape index (κ1) is 14.3. The van der Waals surface area contributed by atoms with E-state index in [1.54, 1.807) is 19.1 Å². The molecule has 0 unspecified atom stereocenters. The molecule has 3 heteroatoms. The molecule has 1 saturated heterocycles. The summed E-state index contributed by atoms with van der Waals surface area (Å²) in [5, 5.41) is 0. The third-order valence-electron chi connectivity index (χ3n) is 3.89. The quantitative estimate of drug-likeness (QED) is 0.754. The van der Waals surface area contributed by atoms with E-state index in [1.165, 1.54) is 32.0 Å². The fourth-order valence-corrected chi connectivity index (χ4v) is 2.47. The van der Waals surface area contributed by atoms with Crippen molar-refractivity contribution in [1.82, 2.24) is 4.90 Å². The van der Waals surface area contributed by atoms with E-state index in [0.29, 0.717) is 12.2 Å². The maximum atomic E-state index is 13.1. The van der Waals surface area contributed by atoms with Crippen molar-refractivity contribution >= 4 is 0 Å². The molecule has 0 aliphatic carbocycles. The van der Waals surface area contributed by atoms with E-state index in [9.17, 15) is 4.39 Å². The van der Waals surface area contributed by atoms with E-state index >= 15 is 0 Å². The second-order valence-electron chi connectivity index (χ2n) is 5.64. The number of hydrogen-bond acceptors (Lipinski definition) is 2. The van der Waals surface area contributed by atoms with Gasteiger partial charge in [0.15, 0.2) is 0 Å². The molecule has 2 rings (SSSR count). The van der Waals surface area contributed by atoms with Crippen molar-refractivity contribution in [3.05, 3.63) is 29.6 Å². The number of piperidine rings is 1. The first-order valence-corrected chi connectivity index (χ1v) is 7.26. The molecule has 0 spiro atoms. The second-order valence-corrected chi connectivity index (χ2v) is 5.64. The van der Waals surface area contributed by atoms with Gasteiger partial charge >= 0.3 is 0 Å². The Hall–Kier alpha value is -1.09. The van der Waals surface area contributed by atoms with Crippen molar-refractivity contribution in [3.8, 4) is 5.75 Å². The average Bonchev–Trinajstić information content (AvgIpc) is 2.41. The van der Waals surface area contributed by atoms with E-state index in [4.69, 9.17) is 4.74 Å². The average molecular weight is 265 g/mol. The zero-order valence-electron chi connectivity index (χ0n) is 12.0. The van der Waals surface area contributed by atoms with Crippen LogP contribution in [0.15, 0.2) is 18.2 Å². The van der Waals surface area contributed by atoms with Gasteiger partial charge in [0, 0.05) is 6.54 Å². The molecule has 0 bridgehead atoms. The summed E-state index contributed by atoms with van der Waals surface area (Å²) in [6.45, 7) is 8.34. The molecule has 0 radical (unpaired) electrons. The number of hydrogen-bond donors (Lipinski definition) is 0. The summed E-state index contributed by atoms with van der Waals surface area (Å²) in [6.07, 6.45) is 3.67. The highest BCUT2D eigenvalue weighted by Crippen LogP contribution is 2.17. The molecule has 1 fully saturated rings. The largest absolute Gasteiger partial charge is 0.494 e. The Morgan fingerprint density at radius 2 is 2.05 bits per heavy atom. The van der Waals surface area contributed by atoms with E-state index in [2.05, 4.69) is 11.8 Å². The highest BCUT2D eigenvalue weighted by atomic mass is 19.1. The predicted molar refractivity (Wildman–Crippen MR) is 76.1 cm³/mol. The van der Waals surface area contributed by atoms with Gasteiger partial charge in [0.2, 0.25) is 0 Å². The zero-order valence-corrected chi connectivity index (χ0v) is 12.0. The number of benzene rings is 1. The van der Waals surface area contributed by atoms with Crippen molar-refractivity contribution < 1.29 is 9.13 Å². The molecule has 0 saturated carbocycles. The van der Waals surface area contributed by atoms with Crippen LogP contribution in [-0.2, 0) is 0 Å². The van der Waals surface area contributed by atoms with E-state index in [-0.39, 0.29) is 5.82 Å². The number of likely N-dealkylation sites (tertiary alicyclic amines) is 1. The van der Waals surface area contributed by atoms with Gasteiger partial charge in [-0.25, -0.2) is 4.39 Å². The first-order valence-electron chi connectivity index (χ1n) is 7.26. The lowest BCUT2D eigenvalue weighted by Gasteiger charge is -2.30. The second kappa shape index (κ2) is 6.90. The lowest BCUT2D eigenvalue weighted by Crippen LogP contribution is -2.34. The summed E-state index contributed by atoms with van der Waals surface area (Å²) in [4.78, 5) is 2.51. The molecule has 0 aromatic heterocycles. The monoisotopic (exact) mass is 265 g/mol. The number of halogens is 1. The number of aryl methyl sites for hydroxylation is 1. The third-order valence-corrected chi connectivity index (χ3v) is 3.89. The fraction of sp³-hybridized carbons (Fsp3) is 0.625. The summed E-state index contributed by atoms with van der Waals surface area (Å²) in [7, 11) is 0. The van der Waals surface area contributed by atoms with Gasteiger partial charge in [0.05, 0.1) is 6.61 Å². The molecule has 0 amide bonds. The van der Waals surface area contributed by atoms with Gasteiger partial charge in [-0.05, 0) is 69.0 Å². The van der Waals surface area contributed by atoms with Crippen LogP contribution >= 0.6 is 0 Å². The van der Waals surface area contributed by atoms with Crippen LogP contribution < -0.4 is 4.74 Å². The summed E-state index contributed by atoms with van der Waals surface area (Å²) >= 11 is 0. The Bertz CT molecular complexity index is 400. The van der Waals surface area contributed by atoms with E-state index in [0.717, 1.165) is 24.6 Å². The number of rotatable bonds is 5. The summed E-state index contributed by atoms with van der Waals surface area (Å²) < 4.78 is 18.8. The van der Waals surface area contributed by atoms with Gasteiger partial charge in [0.1, 0.15) is 11.6 Å². The molecule has 1 aromatic rings. The minimum absolute atomic E-state index is 0.171. The number of nitrogens with zero attached hydrogens (tertiary/aromatic N) is 1. The molecule has 1 aliphatic heterocycles. The van der Waals surface area contributed by atoms with Gasteiger partial charge in [0.25, 0.3) is 0 Å². The van der Waals surface area contributed by atoms with Gasteiger partial charge in [-0.1, -0.05) is 6.92 Å². The van der Waals surface area contributed by atoms with Crippen LogP contribution in [0.4, 0.5) is 4.39 Å². The van der Waals surface area contributed by atoms with Crippen LogP contribution in [0, 0.1) is 18.7 Å². The fourth-order valence-electron chi connectivity index (χ4n) is 2.47. The Balaban J connectivity index is 1.65. The molecule has 2 nitrogen and oxygen atoms in total. The van der Waals surface area contributed by atoms with E-state index < -0.39 is 0 Å². The van der Waals surface area contributed by atoms with Gasteiger partial charge in [-0.3, -0.25) is 0 Å². The highest BCUT2D eigenvalue weighted by molar-refractivity contribution is 5.28. The molecule has 0 N–H and O–H groups in total. The third kappa shape index (κ3) is 4.50. The highest BCUT2D eigenvalue weighted by Gasteiger charge is 2.14. The van der Waals surface area contributed by atoms with E-state index in [1.807, 2.05) is 0 Å². The van der Waals surface area contributed by atoms with Crippen molar-refractivity contribution in [3.63, 3.8) is 0 Å². The Kier molecular flexibility index (Phi) is 5.20. The Morgan fingerprint density at radius 3 is 2.74 bits per heavy atom. The molecule has 0 atom stereocenters. The first-order chi connectivity index (χ1) is 9.15. The van der Waals surface area contributed by atoms with Crippen molar-refractivity contribution in [1.29, 1.82) is 0 Å². The summed E-state index contributed by atoms with van der Waals surface area (Å²) in [5.74, 6) is 1.48. The molecular weight excluding hydrogens is 241 g/mol. The Labute approximate surface area is 115 Å². The predicted octanol–water partition coefficient (Wildman–Crippen LogP) is 3.63. The normalized spacial score (nSPS) is 17.6. The summed E-state index contributed by atoms with van der Waals surface area (Å²) in [5.41, 5.74) is 0.641. The molecule has 19 heavy (non-hydrogen) atoms. The van der Waals surface area contributed by atoms with Crippen molar-refractivity contribution in [2.24, 2.45) is 5.92 Å². The lowest BCUT2D eigenvalue weighted by molar-refractivity contribution is 0.177. The molecule has 106 valence electrons. The van der Waals surface area contributed by atoms with Crippen LogP contribution in [0.5, 0.6) is 5.75 Å². The van der Waals surface area contributed by atoms with Crippen LogP contribution in [0.25, 0.3) is 0 Å². The van der Waals surface area contributed by atoms with Gasteiger partial charge in [-0.2, -0.15) is 0 Å². The van der Waals surface area contributed by atoms with Crippen LogP contribution in [0.2, 0.25) is 0 Å². The van der Waals surface area contributed by atoms with Crippen molar-refractivity contribution in [2.45, 2.75) is 33.1 Å². The van der Waals surface area contributed by atoms with Crippen LogP contribution in [0.3, 0.4) is 0 Å². The van der Waals surface area contributed by atoms with Gasteiger partial charge in [-0.15, -0.1) is 0 Å². The molecular formula is C16H24FNO. The number of ether oxygens (including phenoxy) is 1. The van der Waals surface area contributed by atoms with Gasteiger partial charge < -0.3 is 9.64 Å². The maximum Gasteiger partial charge on any atom is 0.126 e. The lowest BCUT2D eigenvalue weighted by atomic mass is 9.99.